The van der Waals surface area contributed by atoms with Crippen molar-refractivity contribution < 1.29 is 23.8 Å². The maximum atomic E-state index is 14.6. The minimum atomic E-state index is -1.42. The Kier molecular flexibility index (Phi) is 6.61. The van der Waals surface area contributed by atoms with Crippen LogP contribution in [0.1, 0.15) is 25.3 Å². The highest BCUT2D eigenvalue weighted by Crippen LogP contribution is 2.38. The van der Waals surface area contributed by atoms with Crippen LogP contribution >= 0.6 is 0 Å². The number of likely N-dealkylation sites (tertiary alicyclic amines) is 1. The van der Waals surface area contributed by atoms with Crippen LogP contribution in [0.25, 0.3) is 11.1 Å². The third-order valence-electron chi connectivity index (χ3n) is 6.26. The number of hydrogen-bond acceptors (Lipinski definition) is 5. The van der Waals surface area contributed by atoms with E-state index in [9.17, 15) is 19.2 Å². The molecule has 8 heteroatoms. The van der Waals surface area contributed by atoms with Gasteiger partial charge in [0.2, 0.25) is 11.8 Å². The average molecular weight is 451 g/mol. The van der Waals surface area contributed by atoms with Crippen molar-refractivity contribution >= 4 is 17.5 Å². The Bertz CT molecular complexity index is 1100. The molecule has 0 spiro atoms. The van der Waals surface area contributed by atoms with E-state index in [0.29, 0.717) is 11.6 Å². The van der Waals surface area contributed by atoms with Crippen molar-refractivity contribution in [2.24, 2.45) is 11.8 Å². The highest BCUT2D eigenvalue weighted by Gasteiger charge is 2.39. The number of aliphatic hydroxyl groups is 1. The summed E-state index contributed by atoms with van der Waals surface area (Å²) in [6.07, 6.45) is -1.03. The molecule has 0 aromatic heterocycles. The van der Waals surface area contributed by atoms with Crippen molar-refractivity contribution in [2.45, 2.75) is 32.0 Å². The molecule has 1 saturated heterocycles. The van der Waals surface area contributed by atoms with Crippen molar-refractivity contribution in [3.8, 4) is 22.9 Å². The van der Waals surface area contributed by atoms with Gasteiger partial charge in [-0.3, -0.25) is 9.59 Å². The van der Waals surface area contributed by atoms with Gasteiger partial charge in [0, 0.05) is 24.6 Å². The molecule has 2 N–H and O–H groups in total. The second kappa shape index (κ2) is 9.59. The van der Waals surface area contributed by atoms with Crippen molar-refractivity contribution in [3.05, 3.63) is 48.0 Å². The molecule has 2 aromatic rings. The van der Waals surface area contributed by atoms with E-state index in [0.717, 1.165) is 17.5 Å². The summed E-state index contributed by atoms with van der Waals surface area (Å²) in [7, 11) is 0. The van der Waals surface area contributed by atoms with Crippen molar-refractivity contribution in [1.29, 1.82) is 5.26 Å². The van der Waals surface area contributed by atoms with Crippen LogP contribution in [0.2, 0.25) is 0 Å². The number of anilines is 1. The third kappa shape index (κ3) is 5.15. The van der Waals surface area contributed by atoms with Gasteiger partial charge in [-0.1, -0.05) is 25.1 Å². The lowest BCUT2D eigenvalue weighted by molar-refractivity contribution is -0.138. The summed E-state index contributed by atoms with van der Waals surface area (Å²) < 4.78 is 20.4. The van der Waals surface area contributed by atoms with Gasteiger partial charge in [0.25, 0.3) is 0 Å². The number of carbonyl (C=O) groups is 2. The van der Waals surface area contributed by atoms with E-state index in [-0.39, 0.29) is 42.6 Å². The molecule has 0 unspecified atom stereocenters. The van der Waals surface area contributed by atoms with Crippen LogP contribution in [-0.2, 0) is 9.59 Å². The lowest BCUT2D eigenvalue weighted by Gasteiger charge is -2.34. The standard InChI is InChI=1S/C25H26FN3O4/c1-15-9-20(15)25(32)28-19-4-2-3-16(11-19)17-5-6-22(18(10-17)12-27)33-23-7-8-29(13-21(23)26)24(31)14-30/h2-6,10-11,15,20-21,23,30H,7-9,13-14H2,1H3,(H,28,32)/t15-,20-,21-,23+/m1/s1. The first-order valence-corrected chi connectivity index (χ1v) is 11.0. The number of nitriles is 1. The molecule has 33 heavy (non-hydrogen) atoms. The monoisotopic (exact) mass is 451 g/mol. The molecule has 0 radical (unpaired) electrons. The Hall–Kier alpha value is -3.44. The quantitative estimate of drug-likeness (QED) is 0.703. The summed E-state index contributed by atoms with van der Waals surface area (Å²) in [6.45, 7) is 1.53. The number of nitrogens with one attached hydrogen (secondary N) is 1. The number of carbonyl (C=O) groups excluding carboxylic acids is 2. The number of benzene rings is 2. The Morgan fingerprint density at radius 1 is 1.27 bits per heavy atom. The minimum Gasteiger partial charge on any atom is -0.486 e. The molecular weight excluding hydrogens is 425 g/mol. The van der Waals surface area contributed by atoms with Crippen LogP contribution < -0.4 is 10.1 Å². The molecule has 2 amide bonds. The zero-order chi connectivity index (χ0) is 23.5. The first-order chi connectivity index (χ1) is 15.9. The number of aliphatic hydroxyl groups excluding tert-OH is 1. The van der Waals surface area contributed by atoms with E-state index in [2.05, 4.69) is 18.3 Å². The highest BCUT2D eigenvalue weighted by atomic mass is 19.1. The van der Waals surface area contributed by atoms with Crippen LogP contribution in [-0.4, -0.2) is 53.8 Å². The molecule has 0 bridgehead atoms. The molecule has 4 rings (SSSR count). The van der Waals surface area contributed by atoms with Gasteiger partial charge in [0.1, 0.15) is 24.5 Å². The minimum absolute atomic E-state index is 0.0219. The number of rotatable bonds is 6. The Balaban J connectivity index is 1.46. The second-order valence-corrected chi connectivity index (χ2v) is 8.67. The SMILES string of the molecule is C[C@@H]1C[C@H]1C(=O)Nc1cccc(-c2ccc(O[C@H]3CCN(C(=O)CO)C[C@H]3F)c(C#N)c2)c1. The molecule has 7 nitrogen and oxygen atoms in total. The number of halogens is 1. The summed E-state index contributed by atoms with van der Waals surface area (Å²) in [5.41, 5.74) is 2.57. The van der Waals surface area contributed by atoms with Gasteiger partial charge in [0.15, 0.2) is 6.17 Å². The normalized spacial score (nSPS) is 24.0. The molecule has 1 saturated carbocycles. The predicted molar refractivity (Wildman–Crippen MR) is 120 cm³/mol. The van der Waals surface area contributed by atoms with E-state index in [4.69, 9.17) is 9.84 Å². The number of nitrogens with zero attached hydrogens (tertiary/aromatic N) is 2. The van der Waals surface area contributed by atoms with E-state index >= 15 is 0 Å². The van der Waals surface area contributed by atoms with Gasteiger partial charge in [-0.05, 0) is 47.7 Å². The molecule has 1 aliphatic carbocycles. The van der Waals surface area contributed by atoms with Crippen LogP contribution in [0.15, 0.2) is 42.5 Å². The molecule has 1 aliphatic heterocycles. The number of amides is 2. The maximum Gasteiger partial charge on any atom is 0.248 e. The predicted octanol–water partition coefficient (Wildman–Crippen LogP) is 3.13. The smallest absolute Gasteiger partial charge is 0.248 e. The fourth-order valence-electron chi connectivity index (χ4n) is 4.10. The number of piperidine rings is 1. The number of hydrogen-bond donors (Lipinski definition) is 2. The average Bonchev–Trinajstić information content (AvgIpc) is 3.57. The molecule has 2 aromatic carbocycles. The first kappa shape index (κ1) is 22.7. The molecule has 2 aliphatic rings. The zero-order valence-electron chi connectivity index (χ0n) is 18.3. The fourth-order valence-corrected chi connectivity index (χ4v) is 4.10. The van der Waals surface area contributed by atoms with E-state index in [1.165, 1.54) is 4.90 Å². The Morgan fingerprint density at radius 2 is 2.03 bits per heavy atom. The van der Waals surface area contributed by atoms with Gasteiger partial charge in [-0.15, -0.1) is 0 Å². The van der Waals surface area contributed by atoms with Gasteiger partial charge in [-0.25, -0.2) is 4.39 Å². The van der Waals surface area contributed by atoms with Crippen molar-refractivity contribution in [2.75, 3.05) is 25.0 Å². The van der Waals surface area contributed by atoms with Crippen molar-refractivity contribution in [3.63, 3.8) is 0 Å². The van der Waals surface area contributed by atoms with Crippen molar-refractivity contribution in [1.82, 2.24) is 4.90 Å². The molecular formula is C25H26FN3O4. The second-order valence-electron chi connectivity index (χ2n) is 8.67. The largest absolute Gasteiger partial charge is 0.486 e. The molecule has 1 heterocycles. The van der Waals surface area contributed by atoms with Gasteiger partial charge in [-0.2, -0.15) is 5.26 Å². The Labute approximate surface area is 191 Å². The van der Waals surface area contributed by atoms with Crippen LogP contribution in [0, 0.1) is 23.2 Å². The lowest BCUT2D eigenvalue weighted by Crippen LogP contribution is -2.50. The topological polar surface area (TPSA) is 103 Å². The number of ether oxygens (including phenoxy) is 1. The molecule has 172 valence electrons. The third-order valence-corrected chi connectivity index (χ3v) is 6.26. The van der Waals surface area contributed by atoms with E-state index < -0.39 is 24.8 Å². The highest BCUT2D eigenvalue weighted by molar-refractivity contribution is 5.95. The maximum absolute atomic E-state index is 14.6. The zero-order valence-corrected chi connectivity index (χ0v) is 18.3. The van der Waals surface area contributed by atoms with Crippen LogP contribution in [0.3, 0.4) is 0 Å². The van der Waals surface area contributed by atoms with Crippen LogP contribution in [0.5, 0.6) is 5.75 Å². The summed E-state index contributed by atoms with van der Waals surface area (Å²) in [5, 5.41) is 21.5. The summed E-state index contributed by atoms with van der Waals surface area (Å²) in [5.74, 6) is 0.285. The van der Waals surface area contributed by atoms with Gasteiger partial charge in [0.05, 0.1) is 12.1 Å². The Morgan fingerprint density at radius 3 is 2.70 bits per heavy atom. The fraction of sp³-hybridized carbons (Fsp3) is 0.400. The lowest BCUT2D eigenvalue weighted by atomic mass is 10.0. The molecule has 2 fully saturated rings. The number of alkyl halides is 1. The summed E-state index contributed by atoms with van der Waals surface area (Å²) in [4.78, 5) is 25.1. The van der Waals surface area contributed by atoms with Crippen LogP contribution in [0.4, 0.5) is 10.1 Å². The van der Waals surface area contributed by atoms with Gasteiger partial charge >= 0.3 is 0 Å². The van der Waals surface area contributed by atoms with E-state index in [1.54, 1.807) is 18.2 Å². The molecule has 4 atom stereocenters. The first-order valence-electron chi connectivity index (χ1n) is 11.0. The van der Waals surface area contributed by atoms with E-state index in [1.807, 2.05) is 24.3 Å². The summed E-state index contributed by atoms with van der Waals surface area (Å²) >= 11 is 0. The summed E-state index contributed by atoms with van der Waals surface area (Å²) in [6, 6.07) is 14.6. The van der Waals surface area contributed by atoms with Gasteiger partial charge < -0.3 is 20.1 Å².